The lowest BCUT2D eigenvalue weighted by molar-refractivity contribution is 0.0676. The van der Waals surface area contributed by atoms with Crippen LogP contribution in [0.15, 0.2) is 47.3 Å². The molecule has 1 unspecified atom stereocenters. The number of unbranched alkanes of at least 4 members (excludes halogenated alkanes) is 3. The number of hydrogen-bond donors (Lipinski definition) is 1. The molecule has 0 bridgehead atoms. The minimum Gasteiger partial charge on any atom is -0.330 e. The van der Waals surface area contributed by atoms with Crippen molar-refractivity contribution in [1.82, 2.24) is 14.5 Å². The number of carbonyl (C=O) groups is 1. The van der Waals surface area contributed by atoms with Crippen LogP contribution in [0.1, 0.15) is 54.8 Å². The average Bonchev–Trinajstić information content (AvgIpc) is 2.78. The quantitative estimate of drug-likeness (QED) is 0.444. The van der Waals surface area contributed by atoms with Crippen LogP contribution in [0.2, 0.25) is 10.0 Å². The lowest BCUT2D eigenvalue weighted by Gasteiger charge is -2.30. The second-order valence-corrected chi connectivity index (χ2v) is 8.75. The van der Waals surface area contributed by atoms with Gasteiger partial charge in [-0.15, -0.1) is 0 Å². The smallest absolute Gasteiger partial charge is 0.261 e. The monoisotopic (exact) mass is 474 g/mol. The van der Waals surface area contributed by atoms with Gasteiger partial charge in [0.25, 0.3) is 11.5 Å². The Morgan fingerprint density at radius 2 is 1.72 bits per heavy atom. The average molecular weight is 475 g/mol. The number of benzene rings is 2. The van der Waals surface area contributed by atoms with Crippen LogP contribution >= 0.6 is 23.2 Å². The topological polar surface area (TPSA) is 81.2 Å². The van der Waals surface area contributed by atoms with E-state index < -0.39 is 6.04 Å². The molecule has 0 fully saturated rings. The van der Waals surface area contributed by atoms with E-state index in [1.165, 1.54) is 4.57 Å². The van der Waals surface area contributed by atoms with Crippen molar-refractivity contribution in [2.24, 2.45) is 12.8 Å². The third kappa shape index (κ3) is 5.49. The molecule has 6 nitrogen and oxygen atoms in total. The molecule has 3 aromatic rings. The van der Waals surface area contributed by atoms with Crippen LogP contribution in [0.25, 0.3) is 10.9 Å². The van der Waals surface area contributed by atoms with E-state index in [1.807, 2.05) is 6.92 Å². The van der Waals surface area contributed by atoms with Gasteiger partial charge in [-0.3, -0.25) is 14.2 Å². The summed E-state index contributed by atoms with van der Waals surface area (Å²) in [6.07, 6.45) is 3.77. The molecule has 0 aliphatic carbocycles. The molecule has 170 valence electrons. The minimum absolute atomic E-state index is 0.131. The molecule has 3 rings (SSSR count). The number of carbonyl (C=O) groups excluding carboxylic acids is 1. The maximum absolute atomic E-state index is 13.4. The number of nitrogens with two attached hydrogens (primary N) is 1. The predicted molar refractivity (Wildman–Crippen MR) is 130 cm³/mol. The first-order valence-electron chi connectivity index (χ1n) is 10.8. The molecule has 1 aromatic heterocycles. The third-order valence-corrected chi connectivity index (χ3v) is 6.11. The van der Waals surface area contributed by atoms with Gasteiger partial charge in [0.05, 0.1) is 16.9 Å². The van der Waals surface area contributed by atoms with Gasteiger partial charge < -0.3 is 10.6 Å². The first-order valence-corrected chi connectivity index (χ1v) is 11.5. The van der Waals surface area contributed by atoms with Crippen molar-refractivity contribution in [2.75, 3.05) is 13.1 Å². The van der Waals surface area contributed by atoms with E-state index in [-0.39, 0.29) is 11.5 Å². The van der Waals surface area contributed by atoms with Gasteiger partial charge in [-0.25, -0.2) is 4.98 Å². The zero-order chi connectivity index (χ0) is 23.3. The molecule has 0 spiro atoms. The molecule has 8 heteroatoms. The van der Waals surface area contributed by atoms with E-state index in [1.54, 1.807) is 54.4 Å². The van der Waals surface area contributed by atoms with Gasteiger partial charge in [-0.2, -0.15) is 0 Å². The molecule has 0 aliphatic rings. The lowest BCUT2D eigenvalue weighted by Crippen LogP contribution is -2.38. The molecule has 0 saturated heterocycles. The van der Waals surface area contributed by atoms with Gasteiger partial charge in [0.15, 0.2) is 0 Å². The molecular formula is C24H28Cl2N4O2. The highest BCUT2D eigenvalue weighted by molar-refractivity contribution is 6.31. The Bertz CT molecular complexity index is 1150. The van der Waals surface area contributed by atoms with Crippen molar-refractivity contribution in [3.05, 3.63) is 74.3 Å². The zero-order valence-corrected chi connectivity index (χ0v) is 19.9. The summed E-state index contributed by atoms with van der Waals surface area (Å²) in [4.78, 5) is 32.9. The second kappa shape index (κ2) is 10.9. The van der Waals surface area contributed by atoms with E-state index in [0.29, 0.717) is 45.4 Å². The Morgan fingerprint density at radius 3 is 2.41 bits per heavy atom. The highest BCUT2D eigenvalue weighted by atomic mass is 35.5. The Labute approximate surface area is 197 Å². The highest BCUT2D eigenvalue weighted by Gasteiger charge is 2.26. The van der Waals surface area contributed by atoms with Crippen LogP contribution in [0.3, 0.4) is 0 Å². The maximum Gasteiger partial charge on any atom is 0.261 e. The predicted octanol–water partition coefficient (Wildman–Crippen LogP) is 4.96. The summed E-state index contributed by atoms with van der Waals surface area (Å²) in [6, 6.07) is 11.4. The molecule has 32 heavy (non-hydrogen) atoms. The van der Waals surface area contributed by atoms with Crippen molar-refractivity contribution in [3.8, 4) is 0 Å². The van der Waals surface area contributed by atoms with Crippen LogP contribution < -0.4 is 11.3 Å². The summed E-state index contributed by atoms with van der Waals surface area (Å²) in [5.74, 6) is 0.377. The molecule has 2 aromatic carbocycles. The fourth-order valence-electron chi connectivity index (χ4n) is 3.78. The fourth-order valence-corrected chi connectivity index (χ4v) is 4.08. The molecule has 0 aliphatic heterocycles. The summed E-state index contributed by atoms with van der Waals surface area (Å²) < 4.78 is 1.51. The number of halogens is 2. The van der Waals surface area contributed by atoms with Crippen LogP contribution in [-0.2, 0) is 7.05 Å². The Balaban J connectivity index is 1.97. The lowest BCUT2D eigenvalue weighted by atomic mass is 10.1. The normalized spacial score (nSPS) is 12.2. The van der Waals surface area contributed by atoms with E-state index in [9.17, 15) is 9.59 Å². The van der Waals surface area contributed by atoms with Gasteiger partial charge in [0.1, 0.15) is 5.82 Å². The van der Waals surface area contributed by atoms with E-state index in [0.717, 1.165) is 25.7 Å². The maximum atomic E-state index is 13.4. The minimum atomic E-state index is -0.422. The number of rotatable bonds is 9. The highest BCUT2D eigenvalue weighted by Crippen LogP contribution is 2.24. The zero-order valence-electron chi connectivity index (χ0n) is 18.4. The summed E-state index contributed by atoms with van der Waals surface area (Å²) in [6.45, 7) is 3.10. The number of amides is 1. The Kier molecular flexibility index (Phi) is 8.29. The van der Waals surface area contributed by atoms with Gasteiger partial charge in [-0.1, -0.05) is 36.0 Å². The first kappa shape index (κ1) is 24.2. The Morgan fingerprint density at radius 1 is 1.06 bits per heavy atom. The van der Waals surface area contributed by atoms with Crippen LogP contribution in [0, 0.1) is 0 Å². The molecule has 0 radical (unpaired) electrons. The molecular weight excluding hydrogens is 447 g/mol. The van der Waals surface area contributed by atoms with Crippen molar-refractivity contribution in [2.45, 2.75) is 38.6 Å². The second-order valence-electron chi connectivity index (χ2n) is 7.88. The van der Waals surface area contributed by atoms with E-state index >= 15 is 0 Å². The van der Waals surface area contributed by atoms with Crippen LogP contribution in [0.5, 0.6) is 0 Å². The molecule has 1 atom stereocenters. The number of nitrogens with zero attached hydrogens (tertiary/aromatic N) is 3. The van der Waals surface area contributed by atoms with Gasteiger partial charge >= 0.3 is 0 Å². The van der Waals surface area contributed by atoms with Crippen molar-refractivity contribution in [1.29, 1.82) is 0 Å². The van der Waals surface area contributed by atoms with E-state index in [2.05, 4.69) is 0 Å². The summed E-state index contributed by atoms with van der Waals surface area (Å²) in [7, 11) is 1.68. The molecule has 1 heterocycles. The summed E-state index contributed by atoms with van der Waals surface area (Å²) in [5.41, 5.74) is 6.48. The van der Waals surface area contributed by atoms with Crippen molar-refractivity contribution in [3.63, 3.8) is 0 Å². The number of aromatic nitrogens is 2. The Hall–Kier alpha value is -2.41. The number of fused-ring (bicyclic) bond motifs is 1. The van der Waals surface area contributed by atoms with Crippen molar-refractivity contribution < 1.29 is 4.79 Å². The molecule has 2 N–H and O–H groups in total. The number of hydrogen-bond acceptors (Lipinski definition) is 4. The van der Waals surface area contributed by atoms with Crippen LogP contribution in [-0.4, -0.2) is 33.4 Å². The van der Waals surface area contributed by atoms with Gasteiger partial charge in [0, 0.05) is 29.2 Å². The summed E-state index contributed by atoms with van der Waals surface area (Å²) in [5, 5.41) is 1.56. The molecule has 1 amide bonds. The van der Waals surface area contributed by atoms with Crippen LogP contribution in [0.4, 0.5) is 0 Å². The largest absolute Gasteiger partial charge is 0.330 e. The fraction of sp³-hybridized carbons (Fsp3) is 0.375. The molecule has 0 saturated carbocycles. The van der Waals surface area contributed by atoms with Gasteiger partial charge in [-0.05, 0) is 68.8 Å². The third-order valence-electron chi connectivity index (χ3n) is 5.62. The standard InChI is InChI=1S/C24H28Cl2N4O2/c1-16(22-28-21-15-19(26)11-12-20(21)24(32)29(22)2)30(14-6-4-3-5-13-27)23(31)17-7-9-18(25)10-8-17/h7-12,15-16H,3-6,13-14,27H2,1-2H3. The van der Waals surface area contributed by atoms with E-state index in [4.69, 9.17) is 33.9 Å². The van der Waals surface area contributed by atoms with Crippen molar-refractivity contribution >= 4 is 40.0 Å². The van der Waals surface area contributed by atoms with Gasteiger partial charge in [0.2, 0.25) is 0 Å². The SMILES string of the molecule is CC(c1nc2cc(Cl)ccc2c(=O)n1C)N(CCCCCCN)C(=O)c1ccc(Cl)cc1. The first-order chi connectivity index (χ1) is 15.3. The summed E-state index contributed by atoms with van der Waals surface area (Å²) >= 11 is 12.1.